The molecule has 1 rings (SSSR count). The van der Waals surface area contributed by atoms with Gasteiger partial charge in [0.05, 0.1) is 25.4 Å². The number of ether oxygens (including phenoxy) is 2. The molecule has 1 saturated heterocycles. The Morgan fingerprint density at radius 1 is 0.402 bits per heavy atom. The standard InChI is InChI=1S/C78H129NO8/c1-3-5-7-9-11-13-15-17-19-21-23-25-27-29-30-31-32-33-34-35-36-37-38-39-40-41-42-44-46-48-50-52-54-56-58-60-62-64-66-68-74(82)79-71(70-86-78-77(85)76(84)75(83)73(69-80)87-78)72(81)67-65-63-61-59-57-55-53-51-49-47-45-43-28-26-24-22-20-18-16-14-12-10-8-6-4-2/h5,7,11,13,17,19,23,25,29-30,32-33,35-36,38-39,41-42,46,48,52,54,57,59,65,67,71-73,75-78,80-81,83-85H,3-4,6,8-10,12,14-16,18,20-22,24,26-28,31,34,37,40,43-45,47,49-51,53,55-56,58,60-64,66,68-70H2,1-2H3,(H,79,82)/b7-5-,13-11-,19-17-,25-23-,30-29-,33-32-,36-35-,39-38-,42-41-,48-46-,54-52-,59-57+,67-65+. The molecule has 0 aromatic carbocycles. The zero-order valence-electron chi connectivity index (χ0n) is 55.2. The Morgan fingerprint density at radius 3 is 1.10 bits per heavy atom. The van der Waals surface area contributed by atoms with E-state index in [2.05, 4.69) is 165 Å². The lowest BCUT2D eigenvalue weighted by Crippen LogP contribution is -2.60. The maximum absolute atomic E-state index is 13.1. The van der Waals surface area contributed by atoms with Crippen molar-refractivity contribution in [1.82, 2.24) is 5.32 Å². The van der Waals surface area contributed by atoms with Crippen molar-refractivity contribution < 1.29 is 39.8 Å². The largest absolute Gasteiger partial charge is 0.394 e. The van der Waals surface area contributed by atoms with E-state index < -0.39 is 49.5 Å². The predicted molar refractivity (Wildman–Crippen MR) is 373 cm³/mol. The molecular formula is C78H129NO8. The van der Waals surface area contributed by atoms with Crippen LogP contribution < -0.4 is 5.32 Å². The van der Waals surface area contributed by atoms with Crippen LogP contribution in [0.3, 0.4) is 0 Å². The minimum atomic E-state index is -1.59. The highest BCUT2D eigenvalue weighted by molar-refractivity contribution is 5.76. The van der Waals surface area contributed by atoms with E-state index in [-0.39, 0.29) is 12.5 Å². The number of nitrogens with one attached hydrogen (secondary N) is 1. The molecule has 9 nitrogen and oxygen atoms in total. The Labute approximate surface area is 533 Å². The molecule has 1 aliphatic rings. The van der Waals surface area contributed by atoms with E-state index in [0.717, 1.165) is 128 Å². The van der Waals surface area contributed by atoms with Gasteiger partial charge in [-0.05, 0) is 116 Å². The van der Waals surface area contributed by atoms with E-state index in [1.54, 1.807) is 6.08 Å². The normalized spacial score (nSPS) is 19.0. The molecule has 1 amide bonds. The number of aliphatic hydroxyl groups is 5. The Kier molecular flexibility index (Phi) is 60.2. The Morgan fingerprint density at radius 2 is 0.724 bits per heavy atom. The van der Waals surface area contributed by atoms with Gasteiger partial charge < -0.3 is 40.3 Å². The monoisotopic (exact) mass is 1210 g/mol. The summed E-state index contributed by atoms with van der Waals surface area (Å²) in [6.45, 7) is 3.65. The second-order valence-corrected chi connectivity index (χ2v) is 23.6. The van der Waals surface area contributed by atoms with Crippen molar-refractivity contribution in [2.45, 2.75) is 314 Å². The summed E-state index contributed by atoms with van der Waals surface area (Å²) >= 11 is 0. The van der Waals surface area contributed by atoms with E-state index in [9.17, 15) is 30.3 Å². The number of carbonyl (C=O) groups is 1. The van der Waals surface area contributed by atoms with Gasteiger partial charge in [0.1, 0.15) is 24.4 Å². The van der Waals surface area contributed by atoms with Gasteiger partial charge in [0.25, 0.3) is 0 Å². The molecule has 6 N–H and O–H groups in total. The number of hydrogen-bond donors (Lipinski definition) is 6. The van der Waals surface area contributed by atoms with Crippen LogP contribution in [-0.2, 0) is 14.3 Å². The lowest BCUT2D eigenvalue weighted by Gasteiger charge is -2.40. The molecule has 0 bridgehead atoms. The average Bonchev–Trinajstić information content (AvgIpc) is 3.38. The average molecular weight is 1210 g/mol. The number of allylic oxidation sites excluding steroid dienone is 25. The van der Waals surface area contributed by atoms with E-state index in [0.29, 0.717) is 6.42 Å². The number of carbonyl (C=O) groups excluding carboxylic acids is 1. The summed E-state index contributed by atoms with van der Waals surface area (Å²) in [4.78, 5) is 13.1. The van der Waals surface area contributed by atoms with E-state index in [1.165, 1.54) is 122 Å². The second-order valence-electron chi connectivity index (χ2n) is 23.6. The summed E-state index contributed by atoms with van der Waals surface area (Å²) in [6, 6.07) is -0.846. The van der Waals surface area contributed by atoms with Crippen LogP contribution in [0.5, 0.6) is 0 Å². The summed E-state index contributed by atoms with van der Waals surface area (Å²) in [6.07, 6.45) is 94.8. The van der Waals surface area contributed by atoms with Gasteiger partial charge in [0.15, 0.2) is 6.29 Å². The first-order valence-corrected chi connectivity index (χ1v) is 35.2. The maximum atomic E-state index is 13.1. The van der Waals surface area contributed by atoms with Gasteiger partial charge in [0.2, 0.25) is 5.91 Å². The zero-order chi connectivity index (χ0) is 62.8. The SMILES string of the molecule is CC/C=C\C/C=C\C/C=C\C/C=C\C/C=C\C/C=C\C/C=C\C/C=C\C/C=C\C/C=C\C/C=C\CCCCCCCC(=O)NC(COC1OC(CO)C(O)C(O)C1O)C(O)/C=C/CC/C=C/CCCCCCCCCCCCCCCCCCCCC. The molecule has 1 fully saturated rings. The lowest BCUT2D eigenvalue weighted by atomic mass is 9.99. The molecule has 0 aliphatic carbocycles. The highest BCUT2D eigenvalue weighted by Crippen LogP contribution is 2.23. The van der Waals surface area contributed by atoms with Crippen molar-refractivity contribution >= 4 is 5.91 Å². The van der Waals surface area contributed by atoms with Crippen LogP contribution in [-0.4, -0.2) is 87.5 Å². The van der Waals surface area contributed by atoms with Crippen LogP contribution in [0.15, 0.2) is 158 Å². The quantitative estimate of drug-likeness (QED) is 0.0261. The zero-order valence-corrected chi connectivity index (χ0v) is 55.2. The van der Waals surface area contributed by atoms with Crippen molar-refractivity contribution in [2.24, 2.45) is 0 Å². The molecule has 0 spiro atoms. The van der Waals surface area contributed by atoms with Gasteiger partial charge in [-0.2, -0.15) is 0 Å². The molecule has 494 valence electrons. The second kappa shape index (κ2) is 64.8. The topological polar surface area (TPSA) is 149 Å². The molecule has 1 aliphatic heterocycles. The highest BCUT2D eigenvalue weighted by atomic mass is 16.7. The van der Waals surface area contributed by atoms with Gasteiger partial charge in [0, 0.05) is 6.42 Å². The third kappa shape index (κ3) is 53.4. The Balaban J connectivity index is 2.21. The fourth-order valence-corrected chi connectivity index (χ4v) is 10.1. The molecule has 0 radical (unpaired) electrons. The lowest BCUT2D eigenvalue weighted by molar-refractivity contribution is -0.302. The summed E-state index contributed by atoms with van der Waals surface area (Å²) in [5.74, 6) is -0.210. The van der Waals surface area contributed by atoms with Crippen molar-refractivity contribution in [3.63, 3.8) is 0 Å². The van der Waals surface area contributed by atoms with Crippen molar-refractivity contribution in [2.75, 3.05) is 13.2 Å². The molecule has 9 heteroatoms. The number of aliphatic hydroxyl groups excluding tert-OH is 5. The molecule has 0 aromatic heterocycles. The molecule has 0 saturated carbocycles. The maximum Gasteiger partial charge on any atom is 0.220 e. The van der Waals surface area contributed by atoms with Gasteiger partial charge in [-0.1, -0.05) is 307 Å². The Bertz CT molecular complexity index is 1930. The summed E-state index contributed by atoms with van der Waals surface area (Å²) in [7, 11) is 0. The highest BCUT2D eigenvalue weighted by Gasteiger charge is 2.44. The molecule has 87 heavy (non-hydrogen) atoms. The molecule has 7 unspecified atom stereocenters. The predicted octanol–water partition coefficient (Wildman–Crippen LogP) is 19.5. The molecule has 1 heterocycles. The summed E-state index contributed by atoms with van der Waals surface area (Å²) in [5, 5.41) is 54.7. The smallest absolute Gasteiger partial charge is 0.220 e. The Hall–Kier alpha value is -4.19. The summed E-state index contributed by atoms with van der Waals surface area (Å²) in [5.41, 5.74) is 0. The van der Waals surface area contributed by atoms with Crippen molar-refractivity contribution in [3.8, 4) is 0 Å². The van der Waals surface area contributed by atoms with Crippen LogP contribution in [0, 0.1) is 0 Å². The summed E-state index contributed by atoms with van der Waals surface area (Å²) < 4.78 is 11.3. The first-order chi connectivity index (χ1) is 42.8. The first kappa shape index (κ1) is 80.8. The molecule has 7 atom stereocenters. The number of rotatable bonds is 59. The van der Waals surface area contributed by atoms with Crippen molar-refractivity contribution in [3.05, 3.63) is 158 Å². The number of amides is 1. The van der Waals surface area contributed by atoms with E-state index in [1.807, 2.05) is 6.08 Å². The number of hydrogen-bond acceptors (Lipinski definition) is 8. The van der Waals surface area contributed by atoms with Crippen LogP contribution in [0.25, 0.3) is 0 Å². The van der Waals surface area contributed by atoms with Crippen LogP contribution in [0.4, 0.5) is 0 Å². The van der Waals surface area contributed by atoms with E-state index >= 15 is 0 Å². The third-order valence-electron chi connectivity index (χ3n) is 15.6. The third-order valence-corrected chi connectivity index (χ3v) is 15.6. The van der Waals surface area contributed by atoms with Gasteiger partial charge in [-0.15, -0.1) is 0 Å². The minimum Gasteiger partial charge on any atom is -0.394 e. The van der Waals surface area contributed by atoms with Crippen LogP contribution >= 0.6 is 0 Å². The number of unbranched alkanes of at least 4 members (excludes halogenated alkanes) is 25. The van der Waals surface area contributed by atoms with Gasteiger partial charge >= 0.3 is 0 Å². The van der Waals surface area contributed by atoms with Crippen LogP contribution in [0.1, 0.15) is 271 Å². The van der Waals surface area contributed by atoms with Crippen LogP contribution in [0.2, 0.25) is 0 Å². The fraction of sp³-hybridized carbons (Fsp3) is 0.654. The van der Waals surface area contributed by atoms with E-state index in [4.69, 9.17) is 9.47 Å². The minimum absolute atomic E-state index is 0.210. The fourth-order valence-electron chi connectivity index (χ4n) is 10.1. The molecular weight excluding hydrogens is 1080 g/mol. The molecule has 0 aromatic rings. The van der Waals surface area contributed by atoms with Crippen molar-refractivity contribution in [1.29, 1.82) is 0 Å². The van der Waals surface area contributed by atoms with Gasteiger partial charge in [-0.25, -0.2) is 0 Å². The first-order valence-electron chi connectivity index (χ1n) is 35.2. The van der Waals surface area contributed by atoms with Gasteiger partial charge in [-0.3, -0.25) is 4.79 Å².